The molecule has 0 aliphatic rings. The molecule has 0 saturated heterocycles. The molecule has 0 spiro atoms. The van der Waals surface area contributed by atoms with Crippen molar-refractivity contribution in [2.45, 2.75) is 0 Å². The Balaban J connectivity index is 2.40. The Bertz CT molecular complexity index is 934. The van der Waals surface area contributed by atoms with Gasteiger partial charge in [-0.05, 0) is 30.3 Å². The molecule has 126 valence electrons. The monoisotopic (exact) mass is 359 g/mol. The number of phenolic OH excluding ortho intramolecular Hbond substituents is 2. The first-order chi connectivity index (χ1) is 11.8. The number of rotatable bonds is 4. The Morgan fingerprint density at radius 2 is 1.96 bits per heavy atom. The van der Waals surface area contributed by atoms with Crippen molar-refractivity contribution < 1.29 is 19.9 Å². The summed E-state index contributed by atoms with van der Waals surface area (Å²) in [7, 11) is 0. The maximum atomic E-state index is 12.2. The van der Waals surface area contributed by atoms with Crippen LogP contribution in [-0.4, -0.2) is 21.0 Å². The second-order valence-corrected chi connectivity index (χ2v) is 5.23. The fourth-order valence-electron chi connectivity index (χ4n) is 1.92. The Morgan fingerprint density at radius 3 is 2.56 bits per heavy atom. The Morgan fingerprint density at radius 1 is 1.28 bits per heavy atom. The normalized spacial score (nSPS) is 10.8. The zero-order valence-electron chi connectivity index (χ0n) is 12.4. The van der Waals surface area contributed by atoms with Crippen LogP contribution in [0.1, 0.15) is 5.56 Å². The van der Waals surface area contributed by atoms with Crippen LogP contribution in [0.15, 0.2) is 42.0 Å². The number of nitro benzene ring substituents is 1. The van der Waals surface area contributed by atoms with Crippen molar-refractivity contribution in [2.24, 2.45) is 0 Å². The van der Waals surface area contributed by atoms with Crippen LogP contribution in [0.5, 0.6) is 11.5 Å². The number of hydrogen-bond acceptors (Lipinski definition) is 6. The van der Waals surface area contributed by atoms with E-state index in [1.54, 1.807) is 24.3 Å². The number of phenols is 2. The quantitative estimate of drug-likeness (QED) is 0.252. The summed E-state index contributed by atoms with van der Waals surface area (Å²) in [6.45, 7) is 0. The molecular weight excluding hydrogens is 350 g/mol. The number of benzene rings is 2. The van der Waals surface area contributed by atoms with Crippen LogP contribution in [0.3, 0.4) is 0 Å². The van der Waals surface area contributed by atoms with Gasteiger partial charge >= 0.3 is 0 Å². The molecule has 0 aliphatic carbocycles. The van der Waals surface area contributed by atoms with Crippen molar-refractivity contribution in [1.29, 1.82) is 5.26 Å². The number of carbonyl (C=O) groups excluding carboxylic acids is 1. The summed E-state index contributed by atoms with van der Waals surface area (Å²) >= 11 is 5.80. The number of nitriles is 1. The van der Waals surface area contributed by atoms with Crippen molar-refractivity contribution in [3.63, 3.8) is 0 Å². The third-order valence-corrected chi connectivity index (χ3v) is 3.30. The average Bonchev–Trinajstić information content (AvgIpc) is 2.55. The predicted octanol–water partition coefficient (Wildman–Crippen LogP) is 3.21. The fraction of sp³-hybridized carbons (Fsp3) is 0. The smallest absolute Gasteiger partial charge is 0.280 e. The molecule has 1 amide bonds. The number of aromatic hydroxyl groups is 2. The average molecular weight is 360 g/mol. The molecule has 9 heteroatoms. The molecule has 0 heterocycles. The Labute approximate surface area is 146 Å². The van der Waals surface area contributed by atoms with E-state index in [0.29, 0.717) is 10.7 Å². The van der Waals surface area contributed by atoms with E-state index in [9.17, 15) is 25.1 Å². The van der Waals surface area contributed by atoms with Crippen molar-refractivity contribution >= 4 is 35.0 Å². The highest BCUT2D eigenvalue weighted by molar-refractivity contribution is 6.31. The zero-order chi connectivity index (χ0) is 18.6. The van der Waals surface area contributed by atoms with Crippen molar-refractivity contribution in [1.82, 2.24) is 0 Å². The minimum Gasteiger partial charge on any atom is -0.504 e. The van der Waals surface area contributed by atoms with Gasteiger partial charge in [-0.1, -0.05) is 17.7 Å². The molecule has 25 heavy (non-hydrogen) atoms. The van der Waals surface area contributed by atoms with Gasteiger partial charge in [-0.15, -0.1) is 0 Å². The number of nitro groups is 1. The Kier molecular flexibility index (Phi) is 5.22. The fourth-order valence-corrected chi connectivity index (χ4v) is 2.11. The molecule has 0 aromatic heterocycles. The van der Waals surface area contributed by atoms with Crippen molar-refractivity contribution in [2.75, 3.05) is 5.32 Å². The highest BCUT2D eigenvalue weighted by Gasteiger charge is 2.19. The maximum absolute atomic E-state index is 12.2. The molecule has 8 nitrogen and oxygen atoms in total. The van der Waals surface area contributed by atoms with Crippen LogP contribution in [0.2, 0.25) is 5.02 Å². The van der Waals surface area contributed by atoms with Gasteiger partial charge < -0.3 is 15.5 Å². The Hall–Kier alpha value is -3.57. The van der Waals surface area contributed by atoms with E-state index in [1.165, 1.54) is 6.07 Å². The number of carbonyl (C=O) groups is 1. The van der Waals surface area contributed by atoms with Gasteiger partial charge in [0, 0.05) is 10.7 Å². The largest absolute Gasteiger partial charge is 0.504 e. The van der Waals surface area contributed by atoms with Gasteiger partial charge in [-0.2, -0.15) is 5.26 Å². The molecule has 0 fully saturated rings. The van der Waals surface area contributed by atoms with Gasteiger partial charge in [0.05, 0.1) is 16.6 Å². The van der Waals surface area contributed by atoms with Gasteiger partial charge in [0.1, 0.15) is 11.6 Å². The minimum absolute atomic E-state index is 0.210. The van der Waals surface area contributed by atoms with Crippen LogP contribution in [0, 0.1) is 21.4 Å². The molecule has 2 aromatic rings. The zero-order valence-corrected chi connectivity index (χ0v) is 13.2. The minimum atomic E-state index is -0.813. The molecule has 2 rings (SSSR count). The second kappa shape index (κ2) is 7.33. The lowest BCUT2D eigenvalue weighted by molar-refractivity contribution is -0.385. The molecule has 3 N–H and O–H groups in total. The van der Waals surface area contributed by atoms with Gasteiger partial charge in [0.15, 0.2) is 11.5 Å². The molecule has 0 bridgehead atoms. The topological polar surface area (TPSA) is 136 Å². The molecule has 0 atom stereocenters. The lowest BCUT2D eigenvalue weighted by Gasteiger charge is -2.05. The number of nitrogens with one attached hydrogen (secondary N) is 1. The van der Waals surface area contributed by atoms with Crippen molar-refractivity contribution in [3.05, 3.63) is 62.7 Å². The summed E-state index contributed by atoms with van der Waals surface area (Å²) in [6, 6.07) is 9.45. The number of anilines is 1. The summed E-state index contributed by atoms with van der Waals surface area (Å²) in [5, 5.41) is 41.9. The standard InChI is InChI=1S/C16H10ClN3O5/c17-11-2-1-3-12(6-11)19-16(23)10(8-18)4-9-5-14(21)15(22)7-13(9)20(24)25/h1-7,21-22H,(H,19,23)/b10-4+. The summed E-state index contributed by atoms with van der Waals surface area (Å²) in [4.78, 5) is 22.4. The molecular formula is C16H10ClN3O5. The summed E-state index contributed by atoms with van der Waals surface area (Å²) < 4.78 is 0. The van der Waals surface area contributed by atoms with E-state index in [2.05, 4.69) is 5.32 Å². The van der Waals surface area contributed by atoms with E-state index >= 15 is 0 Å². The molecule has 2 aromatic carbocycles. The highest BCUT2D eigenvalue weighted by atomic mass is 35.5. The summed E-state index contributed by atoms with van der Waals surface area (Å²) in [5.74, 6) is -2.12. The van der Waals surface area contributed by atoms with Gasteiger partial charge in [-0.3, -0.25) is 14.9 Å². The predicted molar refractivity (Wildman–Crippen MR) is 90.1 cm³/mol. The number of nitrogens with zero attached hydrogens (tertiary/aromatic N) is 2. The third-order valence-electron chi connectivity index (χ3n) is 3.07. The van der Waals surface area contributed by atoms with E-state index in [4.69, 9.17) is 16.9 Å². The van der Waals surface area contributed by atoms with Crippen LogP contribution in [0.4, 0.5) is 11.4 Å². The van der Waals surface area contributed by atoms with Gasteiger partial charge in [0.25, 0.3) is 11.6 Å². The number of hydrogen-bond donors (Lipinski definition) is 3. The first kappa shape index (κ1) is 17.8. The number of amides is 1. The van der Waals surface area contributed by atoms with Crippen LogP contribution in [-0.2, 0) is 4.79 Å². The summed E-state index contributed by atoms with van der Waals surface area (Å²) in [5.41, 5.74) is -0.883. The third kappa shape index (κ3) is 4.25. The maximum Gasteiger partial charge on any atom is 0.280 e. The first-order valence-corrected chi connectivity index (χ1v) is 7.08. The SMILES string of the molecule is N#C/C(=C\c1cc(O)c(O)cc1[N+](=O)[O-])C(=O)Nc1cccc(Cl)c1. The second-order valence-electron chi connectivity index (χ2n) is 4.79. The van der Waals surface area contributed by atoms with E-state index < -0.39 is 33.6 Å². The molecule has 0 radical (unpaired) electrons. The summed E-state index contributed by atoms with van der Waals surface area (Å²) in [6.07, 6.45) is 0.942. The van der Waals surface area contributed by atoms with Crippen LogP contribution >= 0.6 is 11.6 Å². The van der Waals surface area contributed by atoms with Crippen LogP contribution in [0.25, 0.3) is 6.08 Å². The number of halogens is 1. The van der Waals surface area contributed by atoms with E-state index in [-0.39, 0.29) is 5.56 Å². The highest BCUT2D eigenvalue weighted by Crippen LogP contribution is 2.34. The van der Waals surface area contributed by atoms with E-state index in [0.717, 1.165) is 18.2 Å². The molecule has 0 unspecified atom stereocenters. The molecule has 0 aliphatic heterocycles. The van der Waals surface area contributed by atoms with Gasteiger partial charge in [-0.25, -0.2) is 0 Å². The van der Waals surface area contributed by atoms with Gasteiger partial charge in [0.2, 0.25) is 0 Å². The van der Waals surface area contributed by atoms with Crippen LogP contribution < -0.4 is 5.32 Å². The van der Waals surface area contributed by atoms with Crippen molar-refractivity contribution in [3.8, 4) is 17.6 Å². The lowest BCUT2D eigenvalue weighted by atomic mass is 10.1. The first-order valence-electron chi connectivity index (χ1n) is 6.71. The lowest BCUT2D eigenvalue weighted by Crippen LogP contribution is -2.13. The van der Waals surface area contributed by atoms with E-state index in [1.807, 2.05) is 0 Å². The molecule has 0 saturated carbocycles.